The zero-order valence-electron chi connectivity index (χ0n) is 15.9. The quantitative estimate of drug-likeness (QED) is 0.660. The summed E-state index contributed by atoms with van der Waals surface area (Å²) >= 11 is 0. The Morgan fingerprint density at radius 1 is 1.19 bits per heavy atom. The fourth-order valence-corrected chi connectivity index (χ4v) is 4.57. The van der Waals surface area contributed by atoms with Gasteiger partial charge < -0.3 is 15.4 Å². The van der Waals surface area contributed by atoms with E-state index in [1.165, 1.54) is 23.5 Å². The van der Waals surface area contributed by atoms with E-state index in [9.17, 15) is 18.0 Å². The van der Waals surface area contributed by atoms with Crippen molar-refractivity contribution in [2.45, 2.75) is 37.6 Å². The molecule has 1 aliphatic rings. The van der Waals surface area contributed by atoms with Crippen LogP contribution in [0.4, 0.5) is 0 Å². The minimum Gasteiger partial charge on any atom is -0.497 e. The van der Waals surface area contributed by atoms with Crippen LogP contribution in [-0.4, -0.2) is 57.3 Å². The van der Waals surface area contributed by atoms with Crippen molar-refractivity contribution in [3.05, 3.63) is 24.3 Å². The first-order chi connectivity index (χ1) is 12.8. The van der Waals surface area contributed by atoms with Crippen LogP contribution < -0.4 is 15.4 Å². The van der Waals surface area contributed by atoms with Crippen LogP contribution in [0.15, 0.2) is 29.2 Å². The van der Waals surface area contributed by atoms with Crippen molar-refractivity contribution in [3.8, 4) is 5.75 Å². The molecule has 150 valence electrons. The number of nitrogens with one attached hydrogen (secondary N) is 2. The second-order valence-corrected chi connectivity index (χ2v) is 8.79. The van der Waals surface area contributed by atoms with Crippen molar-refractivity contribution >= 4 is 21.8 Å². The highest BCUT2D eigenvalue weighted by Gasteiger charge is 2.35. The Morgan fingerprint density at radius 2 is 1.81 bits per heavy atom. The van der Waals surface area contributed by atoms with Crippen molar-refractivity contribution in [1.29, 1.82) is 0 Å². The number of nitrogens with zero attached hydrogens (tertiary/aromatic N) is 1. The van der Waals surface area contributed by atoms with Gasteiger partial charge in [0.15, 0.2) is 0 Å². The first kappa shape index (κ1) is 21.2. The molecule has 0 aliphatic carbocycles. The lowest BCUT2D eigenvalue weighted by atomic mass is 10.2. The van der Waals surface area contributed by atoms with Gasteiger partial charge in [0, 0.05) is 25.7 Å². The summed E-state index contributed by atoms with van der Waals surface area (Å²) in [7, 11) is -2.16. The summed E-state index contributed by atoms with van der Waals surface area (Å²) < 4.78 is 32.2. The zero-order chi connectivity index (χ0) is 20.0. The molecular weight excluding hydrogens is 370 g/mol. The Kier molecular flexibility index (Phi) is 7.20. The maximum Gasteiger partial charge on any atom is 0.309 e. The van der Waals surface area contributed by atoms with Crippen LogP contribution in [0.1, 0.15) is 26.7 Å². The van der Waals surface area contributed by atoms with Gasteiger partial charge in [-0.3, -0.25) is 9.59 Å². The van der Waals surface area contributed by atoms with Gasteiger partial charge in [0.25, 0.3) is 0 Å². The molecule has 1 aliphatic heterocycles. The molecule has 8 nitrogen and oxygen atoms in total. The van der Waals surface area contributed by atoms with Gasteiger partial charge in [-0.15, -0.1) is 0 Å². The van der Waals surface area contributed by atoms with Crippen LogP contribution in [0.25, 0.3) is 0 Å². The number of hydrogen-bond acceptors (Lipinski definition) is 5. The maximum absolute atomic E-state index is 12.9. The predicted octanol–water partition coefficient (Wildman–Crippen LogP) is 0.737. The minimum atomic E-state index is -3.68. The normalized spacial score (nSPS) is 17.7. The summed E-state index contributed by atoms with van der Waals surface area (Å²) in [5.41, 5.74) is 0. The van der Waals surface area contributed by atoms with Crippen LogP contribution in [-0.2, 0) is 19.6 Å². The second kappa shape index (κ2) is 9.18. The summed E-state index contributed by atoms with van der Waals surface area (Å²) in [6, 6.07) is 5.82. The summed E-state index contributed by atoms with van der Waals surface area (Å²) in [5, 5.41) is 5.08. The highest BCUT2D eigenvalue weighted by atomic mass is 32.2. The molecule has 27 heavy (non-hydrogen) atoms. The summed E-state index contributed by atoms with van der Waals surface area (Å²) in [6.07, 6.45) is 1.33. The smallest absolute Gasteiger partial charge is 0.309 e. The monoisotopic (exact) mass is 397 g/mol. The number of amides is 2. The SMILES string of the molecule is COc1ccc(S(=O)(=O)N2CCC[C@H]2CNC(=O)C(=O)NCC(C)C)cc1. The first-order valence-corrected chi connectivity index (χ1v) is 10.4. The second-order valence-electron chi connectivity index (χ2n) is 6.90. The largest absolute Gasteiger partial charge is 0.497 e. The van der Waals surface area contributed by atoms with E-state index in [1.807, 2.05) is 13.8 Å². The Hall–Kier alpha value is -2.13. The molecule has 0 spiro atoms. The molecule has 0 bridgehead atoms. The highest BCUT2D eigenvalue weighted by molar-refractivity contribution is 7.89. The molecule has 0 unspecified atom stereocenters. The van der Waals surface area contributed by atoms with E-state index >= 15 is 0 Å². The molecule has 0 saturated carbocycles. The standard InChI is InChI=1S/C18H27N3O5S/c1-13(2)11-19-17(22)18(23)20-12-14-5-4-10-21(14)27(24,25)16-8-6-15(26-3)7-9-16/h6-9,13-14H,4-5,10-12H2,1-3H3,(H,19,22)(H,20,23)/t14-/m0/s1. The third-order valence-electron chi connectivity index (χ3n) is 4.36. The molecule has 0 radical (unpaired) electrons. The molecule has 1 fully saturated rings. The van der Waals surface area contributed by atoms with Gasteiger partial charge >= 0.3 is 11.8 Å². The molecule has 1 aromatic rings. The predicted molar refractivity (Wildman–Crippen MR) is 101 cm³/mol. The third-order valence-corrected chi connectivity index (χ3v) is 6.33. The van der Waals surface area contributed by atoms with Crippen LogP contribution in [0.2, 0.25) is 0 Å². The maximum atomic E-state index is 12.9. The number of carbonyl (C=O) groups is 2. The van der Waals surface area contributed by atoms with E-state index < -0.39 is 21.8 Å². The molecule has 1 atom stereocenters. The number of carbonyl (C=O) groups excluding carboxylic acids is 2. The summed E-state index contributed by atoms with van der Waals surface area (Å²) in [6.45, 7) is 4.75. The summed E-state index contributed by atoms with van der Waals surface area (Å²) in [4.78, 5) is 23.8. The third kappa shape index (κ3) is 5.43. The first-order valence-electron chi connectivity index (χ1n) is 8.97. The van der Waals surface area contributed by atoms with Crippen molar-refractivity contribution in [1.82, 2.24) is 14.9 Å². The van der Waals surface area contributed by atoms with Crippen molar-refractivity contribution in [2.75, 3.05) is 26.7 Å². The lowest BCUT2D eigenvalue weighted by Gasteiger charge is -2.24. The van der Waals surface area contributed by atoms with Crippen LogP contribution in [0, 0.1) is 5.92 Å². The van der Waals surface area contributed by atoms with Gasteiger partial charge in [-0.2, -0.15) is 4.31 Å². The van der Waals surface area contributed by atoms with Crippen molar-refractivity contribution in [3.63, 3.8) is 0 Å². The average molecular weight is 397 g/mol. The zero-order valence-corrected chi connectivity index (χ0v) is 16.7. The Balaban J connectivity index is 1.99. The number of hydrogen-bond donors (Lipinski definition) is 2. The van der Waals surface area contributed by atoms with Gasteiger partial charge in [0.1, 0.15) is 5.75 Å². The Morgan fingerprint density at radius 3 is 2.41 bits per heavy atom. The van der Waals surface area contributed by atoms with Crippen molar-refractivity contribution < 1.29 is 22.7 Å². The fraction of sp³-hybridized carbons (Fsp3) is 0.556. The van der Waals surface area contributed by atoms with Gasteiger partial charge in [0.05, 0.1) is 12.0 Å². The van der Waals surface area contributed by atoms with E-state index in [0.717, 1.165) is 0 Å². The Bertz CT molecular complexity index is 762. The average Bonchev–Trinajstić information content (AvgIpc) is 3.13. The van der Waals surface area contributed by atoms with E-state index in [0.29, 0.717) is 31.7 Å². The molecule has 0 aromatic heterocycles. The Labute approximate surface area is 160 Å². The van der Waals surface area contributed by atoms with Crippen LogP contribution in [0.3, 0.4) is 0 Å². The molecule has 9 heteroatoms. The fourth-order valence-electron chi connectivity index (χ4n) is 2.88. The number of ether oxygens (including phenoxy) is 1. The highest BCUT2D eigenvalue weighted by Crippen LogP contribution is 2.26. The van der Waals surface area contributed by atoms with E-state index in [2.05, 4.69) is 10.6 Å². The van der Waals surface area contributed by atoms with Crippen LogP contribution >= 0.6 is 0 Å². The minimum absolute atomic E-state index is 0.101. The van der Waals surface area contributed by atoms with Gasteiger partial charge in [-0.05, 0) is 43.0 Å². The van der Waals surface area contributed by atoms with E-state index in [4.69, 9.17) is 4.74 Å². The molecule has 2 amide bonds. The number of sulfonamides is 1. The number of methoxy groups -OCH3 is 1. The number of benzene rings is 1. The molecule has 2 rings (SSSR count). The molecular formula is C18H27N3O5S. The number of rotatable bonds is 7. The lowest BCUT2D eigenvalue weighted by Crippen LogP contribution is -2.47. The lowest BCUT2D eigenvalue weighted by molar-refractivity contribution is -0.139. The summed E-state index contributed by atoms with van der Waals surface area (Å²) in [5.74, 6) is -0.635. The van der Waals surface area contributed by atoms with E-state index in [-0.39, 0.29) is 23.4 Å². The molecule has 2 N–H and O–H groups in total. The van der Waals surface area contributed by atoms with Crippen molar-refractivity contribution in [2.24, 2.45) is 5.92 Å². The van der Waals surface area contributed by atoms with Gasteiger partial charge in [0.2, 0.25) is 10.0 Å². The van der Waals surface area contributed by atoms with Gasteiger partial charge in [-0.25, -0.2) is 8.42 Å². The van der Waals surface area contributed by atoms with Gasteiger partial charge in [-0.1, -0.05) is 13.8 Å². The molecule has 1 heterocycles. The molecule has 1 saturated heterocycles. The van der Waals surface area contributed by atoms with E-state index in [1.54, 1.807) is 12.1 Å². The molecule has 1 aromatic carbocycles. The topological polar surface area (TPSA) is 105 Å². The van der Waals surface area contributed by atoms with Crippen LogP contribution in [0.5, 0.6) is 5.75 Å².